The van der Waals surface area contributed by atoms with E-state index in [0.29, 0.717) is 0 Å². The molecule has 4 nitrogen and oxygen atoms in total. The van der Waals surface area contributed by atoms with Gasteiger partial charge in [-0.2, -0.15) is 8.78 Å². The number of Topliss-reactive ketones (excluding diaryl/α,β-unsaturated/α-hetero) is 1. The fourth-order valence-electron chi connectivity index (χ4n) is 1.45. The van der Waals surface area contributed by atoms with Crippen LogP contribution in [0.2, 0.25) is 39.3 Å². The van der Waals surface area contributed by atoms with Crippen molar-refractivity contribution in [3.63, 3.8) is 0 Å². The Balaban J connectivity index is -0.000000326. The van der Waals surface area contributed by atoms with Gasteiger partial charge in [-0.25, -0.2) is 0 Å². The molecule has 0 radical (unpaired) electrons. The molecule has 10 heteroatoms. The van der Waals surface area contributed by atoms with E-state index < -0.39 is 39.5 Å². The summed E-state index contributed by atoms with van der Waals surface area (Å²) in [7, 11) is -2.21. The van der Waals surface area contributed by atoms with E-state index in [1.54, 1.807) is 0 Å². The van der Waals surface area contributed by atoms with E-state index in [-0.39, 0.29) is 25.5 Å². The minimum atomic E-state index is -3.64. The molecular formula is C12H25BrF2LiNO3Si2. The van der Waals surface area contributed by atoms with Crippen molar-refractivity contribution in [2.45, 2.75) is 57.5 Å². The Morgan fingerprint density at radius 3 is 1.64 bits per heavy atom. The molecule has 0 spiro atoms. The molecule has 0 aromatic rings. The van der Waals surface area contributed by atoms with E-state index in [1.807, 2.05) is 15.9 Å². The first kappa shape index (κ1) is 27.3. The zero-order valence-corrected chi connectivity index (χ0v) is 18.3. The average molecular weight is 412 g/mol. The second-order valence-electron chi connectivity index (χ2n) is 6.36. The van der Waals surface area contributed by atoms with Gasteiger partial charge in [0.1, 0.15) is 6.42 Å². The molecule has 0 aromatic heterocycles. The predicted molar refractivity (Wildman–Crippen MR) is 90.2 cm³/mol. The van der Waals surface area contributed by atoms with Crippen LogP contribution in [0.15, 0.2) is 0 Å². The predicted octanol–water partition coefficient (Wildman–Crippen LogP) is 1.53. The summed E-state index contributed by atoms with van der Waals surface area (Å²) in [4.78, 5) is 17.3. The molecule has 0 unspecified atom stereocenters. The Hall–Kier alpha value is 0.471. The Morgan fingerprint density at radius 1 is 1.09 bits per heavy atom. The number of hydrogen-bond acceptors (Lipinski definition) is 3. The molecule has 0 heterocycles. The maximum atomic E-state index is 12.1. The molecule has 0 aliphatic carbocycles. The molecule has 0 aliphatic rings. The fraction of sp³-hybridized carbons (Fsp3) is 0.833. The molecule has 0 bridgehead atoms. The van der Waals surface area contributed by atoms with Crippen molar-refractivity contribution in [2.24, 2.45) is 0 Å². The van der Waals surface area contributed by atoms with Gasteiger partial charge < -0.3 is 9.38 Å². The first-order valence-electron chi connectivity index (χ1n) is 6.58. The van der Waals surface area contributed by atoms with Crippen molar-refractivity contribution in [1.82, 2.24) is 0 Å². The van der Waals surface area contributed by atoms with Crippen LogP contribution < -0.4 is 18.9 Å². The molecule has 0 fully saturated rings. The normalized spacial score (nSPS) is 11.7. The second-order valence-corrected chi connectivity index (χ2v) is 16.9. The Kier molecular flexibility index (Phi) is 13.8. The maximum Gasteiger partial charge on any atom is 1.00 e. The van der Waals surface area contributed by atoms with Gasteiger partial charge in [0.2, 0.25) is 5.78 Å². The summed E-state index contributed by atoms with van der Waals surface area (Å²) in [5, 5.41) is 0. The van der Waals surface area contributed by atoms with Gasteiger partial charge in [0.05, 0.1) is 6.61 Å². The van der Waals surface area contributed by atoms with Crippen molar-refractivity contribution in [2.75, 3.05) is 6.61 Å². The van der Waals surface area contributed by atoms with Crippen LogP contribution in [0.3, 0.4) is 0 Å². The van der Waals surface area contributed by atoms with Gasteiger partial charge in [0.25, 0.3) is 0 Å². The van der Waals surface area contributed by atoms with Crippen LogP contribution in [0.5, 0.6) is 0 Å². The van der Waals surface area contributed by atoms with Crippen LogP contribution >= 0.6 is 15.9 Å². The van der Waals surface area contributed by atoms with Crippen molar-refractivity contribution >= 4 is 44.2 Å². The van der Waals surface area contributed by atoms with Gasteiger partial charge in [-0.3, -0.25) is 9.59 Å². The summed E-state index contributed by atoms with van der Waals surface area (Å²) in [6.45, 7) is 15.4. The maximum absolute atomic E-state index is 12.1. The molecular weight excluding hydrogens is 387 g/mol. The molecule has 22 heavy (non-hydrogen) atoms. The minimum absolute atomic E-state index is 0. The van der Waals surface area contributed by atoms with Crippen molar-refractivity contribution in [1.29, 1.82) is 0 Å². The number of carbonyl (C=O) groups is 2. The molecule has 0 saturated carbocycles. The first-order chi connectivity index (χ1) is 9.08. The number of alkyl halides is 3. The number of ketones is 1. The summed E-state index contributed by atoms with van der Waals surface area (Å²) in [5.74, 6) is -2.44. The van der Waals surface area contributed by atoms with Gasteiger partial charge >= 0.3 is 29.7 Å². The van der Waals surface area contributed by atoms with Crippen LogP contribution in [-0.2, 0) is 14.3 Å². The summed E-state index contributed by atoms with van der Waals surface area (Å²) in [5.41, 5.74) is 0. The number of hydrogen-bond donors (Lipinski definition) is 0. The van der Waals surface area contributed by atoms with E-state index in [1.165, 1.54) is 6.92 Å². The zero-order chi connectivity index (χ0) is 17.5. The number of esters is 1. The number of nitrogens with zero attached hydrogens (tertiary/aromatic N) is 1. The van der Waals surface area contributed by atoms with E-state index in [2.05, 4.69) is 44.0 Å². The third-order valence-electron chi connectivity index (χ3n) is 1.60. The Bertz CT molecular complexity index is 344. The van der Waals surface area contributed by atoms with Crippen LogP contribution in [0.25, 0.3) is 4.65 Å². The molecule has 0 N–H and O–H groups in total. The summed E-state index contributed by atoms with van der Waals surface area (Å²) < 4.78 is 33.3. The molecule has 0 rings (SSSR count). The van der Waals surface area contributed by atoms with Gasteiger partial charge in [0, 0.05) is 0 Å². The van der Waals surface area contributed by atoms with Gasteiger partial charge in [-0.05, 0) is 22.9 Å². The van der Waals surface area contributed by atoms with Crippen LogP contribution in [-0.4, -0.2) is 39.7 Å². The first-order valence-corrected chi connectivity index (χ1v) is 14.3. The molecule has 0 aromatic carbocycles. The number of rotatable bonds is 6. The standard InChI is InChI=1S/C6H7BrF2O3.C6H18NSi2.Li/c1-2-12-5(11)3-4(10)6(7,8)9;1-8(2,3)7-9(4,5)6;/h2-3H2,1H3;1-6H3;/q;-1;+1. The van der Waals surface area contributed by atoms with Crippen LogP contribution in [0, 0.1) is 0 Å². The van der Waals surface area contributed by atoms with Gasteiger partial charge in [-0.1, -0.05) is 55.8 Å². The van der Waals surface area contributed by atoms with Crippen molar-refractivity contribution in [3.05, 3.63) is 4.65 Å². The van der Waals surface area contributed by atoms with Crippen LogP contribution in [0.4, 0.5) is 8.78 Å². The molecule has 126 valence electrons. The zero-order valence-electron chi connectivity index (χ0n) is 14.7. The summed E-state index contributed by atoms with van der Waals surface area (Å²) >= 11 is 1.83. The van der Waals surface area contributed by atoms with E-state index in [0.717, 1.165) is 0 Å². The van der Waals surface area contributed by atoms with Crippen molar-refractivity contribution < 1.29 is 42.0 Å². The SMILES string of the molecule is CCOC(=O)CC(=O)C(F)(F)Br.C[Si](C)(C)[N-][Si](C)(C)C.[Li+]. The number of carbonyl (C=O) groups excluding carboxylic acids is 2. The molecule has 0 aliphatic heterocycles. The van der Waals surface area contributed by atoms with E-state index in [4.69, 9.17) is 4.65 Å². The van der Waals surface area contributed by atoms with E-state index in [9.17, 15) is 18.4 Å². The Morgan fingerprint density at radius 2 is 1.45 bits per heavy atom. The summed E-state index contributed by atoms with van der Waals surface area (Å²) in [6.07, 6.45) is -0.911. The van der Waals surface area contributed by atoms with Crippen molar-refractivity contribution in [3.8, 4) is 0 Å². The largest absolute Gasteiger partial charge is 1.00 e. The topological polar surface area (TPSA) is 57.5 Å². The minimum Gasteiger partial charge on any atom is -0.668 e. The number of halogens is 3. The van der Waals surface area contributed by atoms with Gasteiger partial charge in [0.15, 0.2) is 0 Å². The van der Waals surface area contributed by atoms with Crippen LogP contribution in [0.1, 0.15) is 13.3 Å². The molecule has 0 atom stereocenters. The third-order valence-corrected chi connectivity index (χ3v) is 7.41. The number of ether oxygens (including phenoxy) is 1. The van der Waals surface area contributed by atoms with Gasteiger partial charge in [-0.15, -0.1) is 0 Å². The molecule has 0 amide bonds. The second kappa shape index (κ2) is 11.1. The fourth-order valence-corrected chi connectivity index (χ4v) is 9.64. The monoisotopic (exact) mass is 411 g/mol. The third kappa shape index (κ3) is 20.5. The smallest absolute Gasteiger partial charge is 0.668 e. The molecule has 0 saturated heterocycles. The quantitative estimate of drug-likeness (QED) is 0.288. The average Bonchev–Trinajstić information content (AvgIpc) is 2.10. The summed E-state index contributed by atoms with van der Waals surface area (Å²) in [6, 6.07) is 0. The van der Waals surface area contributed by atoms with E-state index >= 15 is 0 Å². The Labute approximate surface area is 154 Å².